The molecular weight excluding hydrogens is 409 g/mol. The van der Waals surface area contributed by atoms with Crippen molar-refractivity contribution in [1.82, 2.24) is 0 Å². The van der Waals surface area contributed by atoms with E-state index < -0.39 is 6.10 Å². The van der Waals surface area contributed by atoms with Gasteiger partial charge in [0.2, 0.25) is 0 Å². The summed E-state index contributed by atoms with van der Waals surface area (Å²) in [5.74, 6) is 0.893. The number of furan rings is 1. The summed E-state index contributed by atoms with van der Waals surface area (Å²) in [6, 6.07) is 22.1. The van der Waals surface area contributed by atoms with Crippen molar-refractivity contribution >= 4 is 45.8 Å². The van der Waals surface area contributed by atoms with E-state index in [1.807, 2.05) is 54.6 Å². The van der Waals surface area contributed by atoms with E-state index in [0.717, 1.165) is 22.3 Å². The molecule has 146 valence electrons. The third-order valence-electron chi connectivity index (χ3n) is 4.43. The average molecular weight is 426 g/mol. The van der Waals surface area contributed by atoms with Crippen molar-refractivity contribution in [2.45, 2.75) is 13.0 Å². The Kier molecular flexibility index (Phi) is 5.47. The third-order valence-corrected chi connectivity index (χ3v) is 4.96. The molecule has 1 N–H and O–H groups in total. The topological polar surface area (TPSA) is 51.5 Å². The van der Waals surface area contributed by atoms with Crippen molar-refractivity contribution in [3.8, 4) is 17.1 Å². The number of anilines is 1. The average Bonchev–Trinajstić information content (AvgIpc) is 3.15. The molecule has 0 unspecified atom stereocenters. The lowest BCUT2D eigenvalue weighted by Gasteiger charge is -2.16. The van der Waals surface area contributed by atoms with Gasteiger partial charge in [0.15, 0.2) is 6.10 Å². The van der Waals surface area contributed by atoms with Gasteiger partial charge in [-0.2, -0.15) is 0 Å². The number of carbonyl (C=O) groups excluding carboxylic acids is 1. The maximum atomic E-state index is 12.4. The fraction of sp³-hybridized carbons (Fsp3) is 0.0870. The predicted molar refractivity (Wildman–Crippen MR) is 117 cm³/mol. The lowest BCUT2D eigenvalue weighted by atomic mass is 10.1. The van der Waals surface area contributed by atoms with E-state index in [4.69, 9.17) is 32.4 Å². The lowest BCUT2D eigenvalue weighted by Crippen LogP contribution is -2.30. The molecule has 0 spiro atoms. The summed E-state index contributed by atoms with van der Waals surface area (Å²) in [4.78, 5) is 12.4. The van der Waals surface area contributed by atoms with Crippen molar-refractivity contribution in [2.24, 2.45) is 0 Å². The first-order valence-corrected chi connectivity index (χ1v) is 9.77. The molecule has 4 nitrogen and oxygen atoms in total. The van der Waals surface area contributed by atoms with Gasteiger partial charge >= 0.3 is 0 Å². The Morgan fingerprint density at radius 3 is 2.48 bits per heavy atom. The molecule has 1 amide bonds. The van der Waals surface area contributed by atoms with Crippen LogP contribution in [-0.2, 0) is 4.79 Å². The van der Waals surface area contributed by atoms with Crippen LogP contribution in [0.3, 0.4) is 0 Å². The van der Waals surface area contributed by atoms with Gasteiger partial charge in [0.05, 0.1) is 5.02 Å². The second-order valence-electron chi connectivity index (χ2n) is 6.55. The molecule has 0 bridgehead atoms. The second kappa shape index (κ2) is 8.19. The van der Waals surface area contributed by atoms with E-state index in [1.165, 1.54) is 0 Å². The summed E-state index contributed by atoms with van der Waals surface area (Å²) in [7, 11) is 0. The largest absolute Gasteiger partial charge is 0.479 e. The fourth-order valence-corrected chi connectivity index (χ4v) is 3.35. The quantitative estimate of drug-likeness (QED) is 0.381. The molecule has 1 aromatic heterocycles. The van der Waals surface area contributed by atoms with Gasteiger partial charge in [-0.05, 0) is 61.5 Å². The Balaban J connectivity index is 1.43. The van der Waals surface area contributed by atoms with Crippen molar-refractivity contribution in [2.75, 3.05) is 5.32 Å². The molecule has 1 heterocycles. The van der Waals surface area contributed by atoms with Crippen LogP contribution in [0.1, 0.15) is 6.92 Å². The van der Waals surface area contributed by atoms with Crippen LogP contribution in [0.2, 0.25) is 10.0 Å². The van der Waals surface area contributed by atoms with E-state index in [-0.39, 0.29) is 5.91 Å². The van der Waals surface area contributed by atoms with Gasteiger partial charge in [-0.3, -0.25) is 4.79 Å². The maximum absolute atomic E-state index is 12.4. The van der Waals surface area contributed by atoms with Gasteiger partial charge in [-0.25, -0.2) is 0 Å². The van der Waals surface area contributed by atoms with Crippen LogP contribution in [0, 0.1) is 0 Å². The Bertz CT molecular complexity index is 1140. The first-order valence-electron chi connectivity index (χ1n) is 9.01. The Morgan fingerprint density at radius 2 is 1.76 bits per heavy atom. The Hall–Kier alpha value is -2.95. The number of benzene rings is 3. The number of amides is 1. The molecule has 4 rings (SSSR count). The summed E-state index contributed by atoms with van der Waals surface area (Å²) in [6.07, 6.45) is -0.733. The van der Waals surface area contributed by atoms with Crippen LogP contribution < -0.4 is 10.1 Å². The lowest BCUT2D eigenvalue weighted by molar-refractivity contribution is -0.122. The smallest absolute Gasteiger partial charge is 0.265 e. The molecule has 29 heavy (non-hydrogen) atoms. The zero-order valence-electron chi connectivity index (χ0n) is 15.5. The Labute approximate surface area is 178 Å². The molecule has 4 aromatic rings. The highest BCUT2D eigenvalue weighted by molar-refractivity contribution is 6.35. The van der Waals surface area contributed by atoms with Crippen molar-refractivity contribution in [3.63, 3.8) is 0 Å². The second-order valence-corrected chi connectivity index (χ2v) is 7.39. The number of hydrogen-bond acceptors (Lipinski definition) is 3. The number of para-hydroxylation sites is 1. The number of nitrogens with one attached hydrogen (secondary N) is 1. The summed E-state index contributed by atoms with van der Waals surface area (Å²) in [5.41, 5.74) is 2.43. The van der Waals surface area contributed by atoms with Crippen LogP contribution in [0.4, 0.5) is 5.69 Å². The molecule has 0 aliphatic carbocycles. The van der Waals surface area contributed by atoms with E-state index >= 15 is 0 Å². The zero-order valence-corrected chi connectivity index (χ0v) is 17.0. The number of halogens is 2. The van der Waals surface area contributed by atoms with Gasteiger partial charge in [0, 0.05) is 21.7 Å². The number of ether oxygens (including phenoxy) is 1. The normalized spacial score (nSPS) is 12.0. The maximum Gasteiger partial charge on any atom is 0.265 e. The molecule has 0 aliphatic heterocycles. The predicted octanol–water partition coefficient (Wildman–Crippen LogP) is 6.81. The highest BCUT2D eigenvalue weighted by Gasteiger charge is 2.17. The molecule has 6 heteroatoms. The van der Waals surface area contributed by atoms with E-state index in [0.29, 0.717) is 21.5 Å². The van der Waals surface area contributed by atoms with Gasteiger partial charge in [-0.15, -0.1) is 0 Å². The minimum absolute atomic E-state index is 0.285. The summed E-state index contributed by atoms with van der Waals surface area (Å²) >= 11 is 12.0. The number of fused-ring (bicyclic) bond motifs is 1. The first-order chi connectivity index (χ1) is 14.0. The molecule has 0 fully saturated rings. The van der Waals surface area contributed by atoms with E-state index in [2.05, 4.69) is 5.32 Å². The van der Waals surface area contributed by atoms with Crippen LogP contribution in [0.5, 0.6) is 5.75 Å². The van der Waals surface area contributed by atoms with Crippen molar-refractivity contribution in [1.29, 1.82) is 0 Å². The van der Waals surface area contributed by atoms with Gasteiger partial charge in [0.1, 0.15) is 17.1 Å². The summed E-state index contributed by atoms with van der Waals surface area (Å²) < 4.78 is 11.5. The summed E-state index contributed by atoms with van der Waals surface area (Å²) in [5, 5.41) is 4.74. The molecule has 0 aliphatic rings. The van der Waals surface area contributed by atoms with Crippen LogP contribution in [-0.4, -0.2) is 12.0 Å². The highest BCUT2D eigenvalue weighted by Crippen LogP contribution is 2.30. The van der Waals surface area contributed by atoms with Gasteiger partial charge in [-0.1, -0.05) is 41.4 Å². The first kappa shape index (κ1) is 19.4. The molecular formula is C23H17Cl2NO3. The van der Waals surface area contributed by atoms with E-state index in [9.17, 15) is 4.79 Å². The number of rotatable bonds is 5. The zero-order chi connectivity index (χ0) is 20.4. The SMILES string of the molecule is C[C@H](Oc1ccc(Cl)cc1Cl)C(=O)Nc1ccc(-c2cc3ccccc3o2)cc1. The number of carbonyl (C=O) groups is 1. The van der Waals surface area contributed by atoms with Crippen LogP contribution in [0.25, 0.3) is 22.3 Å². The third kappa shape index (κ3) is 4.39. The molecule has 0 saturated carbocycles. The van der Waals surface area contributed by atoms with Gasteiger partial charge < -0.3 is 14.5 Å². The van der Waals surface area contributed by atoms with Gasteiger partial charge in [0.25, 0.3) is 5.91 Å². The fourth-order valence-electron chi connectivity index (χ4n) is 2.90. The minimum atomic E-state index is -0.733. The summed E-state index contributed by atoms with van der Waals surface area (Å²) in [6.45, 7) is 1.66. The number of hydrogen-bond donors (Lipinski definition) is 1. The minimum Gasteiger partial charge on any atom is -0.479 e. The Morgan fingerprint density at radius 1 is 1.00 bits per heavy atom. The van der Waals surface area contributed by atoms with Crippen LogP contribution in [0.15, 0.2) is 77.2 Å². The molecule has 0 radical (unpaired) electrons. The highest BCUT2D eigenvalue weighted by atomic mass is 35.5. The molecule has 3 aromatic carbocycles. The standard InChI is InChI=1S/C23H17Cl2NO3/c1-14(28-21-11-8-17(24)13-19(21)25)23(27)26-18-9-6-15(7-10-18)22-12-16-4-2-3-5-20(16)29-22/h2-14H,1H3,(H,26,27)/t14-/m0/s1. The van der Waals surface area contributed by atoms with Crippen molar-refractivity contribution < 1.29 is 13.9 Å². The van der Waals surface area contributed by atoms with Crippen LogP contribution >= 0.6 is 23.2 Å². The van der Waals surface area contributed by atoms with E-state index in [1.54, 1.807) is 25.1 Å². The molecule has 1 atom stereocenters. The monoisotopic (exact) mass is 425 g/mol. The molecule has 0 saturated heterocycles. The van der Waals surface area contributed by atoms with Crippen molar-refractivity contribution in [3.05, 3.63) is 82.8 Å².